The molecule has 2 aromatic heterocycles. The Kier molecular flexibility index (Phi) is 4.63. The molecule has 0 saturated carbocycles. The number of rotatable bonds is 5. The lowest BCUT2D eigenvalue weighted by Crippen LogP contribution is -2.25. The predicted molar refractivity (Wildman–Crippen MR) is 87.4 cm³/mol. The van der Waals surface area contributed by atoms with E-state index in [-0.39, 0.29) is 12.1 Å². The molecule has 2 atom stereocenters. The molecule has 1 N–H and O–H groups in total. The van der Waals surface area contributed by atoms with Gasteiger partial charge in [-0.1, -0.05) is 6.07 Å². The number of aromatic nitrogens is 3. The molecule has 1 fully saturated rings. The molecule has 6 heteroatoms. The number of imidazole rings is 1. The Hall–Kier alpha value is -1.92. The Morgan fingerprint density at radius 3 is 2.74 bits per heavy atom. The van der Waals surface area contributed by atoms with E-state index in [1.54, 1.807) is 14.2 Å². The van der Waals surface area contributed by atoms with E-state index in [0.717, 1.165) is 42.4 Å². The monoisotopic (exact) mass is 316 g/mol. The van der Waals surface area contributed by atoms with Crippen molar-refractivity contribution < 1.29 is 9.47 Å². The van der Waals surface area contributed by atoms with Crippen molar-refractivity contribution in [2.24, 2.45) is 0 Å². The van der Waals surface area contributed by atoms with Gasteiger partial charge in [-0.3, -0.25) is 4.90 Å². The van der Waals surface area contributed by atoms with Crippen LogP contribution >= 0.6 is 0 Å². The molecule has 1 saturated heterocycles. The van der Waals surface area contributed by atoms with E-state index in [1.807, 2.05) is 25.1 Å². The lowest BCUT2D eigenvalue weighted by molar-refractivity contribution is 0.107. The molecule has 0 amide bonds. The molecule has 0 unspecified atom stereocenters. The number of hydrogen-bond acceptors (Lipinski definition) is 5. The number of methoxy groups -OCH3 is 2. The summed E-state index contributed by atoms with van der Waals surface area (Å²) in [5.74, 6) is 1.66. The van der Waals surface area contributed by atoms with Crippen molar-refractivity contribution in [3.05, 3.63) is 41.1 Å². The normalized spacial score (nSPS) is 21.7. The highest BCUT2D eigenvalue weighted by Gasteiger charge is 2.35. The largest absolute Gasteiger partial charge is 0.481 e. The number of aryl methyl sites for hydroxylation is 2. The van der Waals surface area contributed by atoms with Crippen molar-refractivity contribution in [3.63, 3.8) is 0 Å². The minimum atomic E-state index is 0.219. The zero-order valence-electron chi connectivity index (χ0n) is 14.2. The van der Waals surface area contributed by atoms with Crippen LogP contribution < -0.4 is 4.74 Å². The fraction of sp³-hybridized carbons (Fsp3) is 0.529. The van der Waals surface area contributed by atoms with Crippen LogP contribution in [0.2, 0.25) is 0 Å². The van der Waals surface area contributed by atoms with E-state index in [0.29, 0.717) is 5.88 Å². The molecular formula is C17H24N4O2. The van der Waals surface area contributed by atoms with Crippen molar-refractivity contribution in [1.82, 2.24) is 19.9 Å². The van der Waals surface area contributed by atoms with Gasteiger partial charge in [-0.05, 0) is 26.3 Å². The summed E-state index contributed by atoms with van der Waals surface area (Å²) in [4.78, 5) is 15.0. The summed E-state index contributed by atoms with van der Waals surface area (Å²) in [5, 5.41) is 0. The molecule has 3 rings (SSSR count). The molecule has 3 heterocycles. The van der Waals surface area contributed by atoms with Gasteiger partial charge in [0.25, 0.3) is 0 Å². The quantitative estimate of drug-likeness (QED) is 0.917. The van der Waals surface area contributed by atoms with Crippen molar-refractivity contribution >= 4 is 0 Å². The second-order valence-corrected chi connectivity index (χ2v) is 6.04. The first-order valence-electron chi connectivity index (χ1n) is 7.90. The summed E-state index contributed by atoms with van der Waals surface area (Å²) in [6.07, 6.45) is 1.16. The molecule has 1 aliphatic heterocycles. The van der Waals surface area contributed by atoms with Crippen LogP contribution in [-0.2, 0) is 11.3 Å². The minimum Gasteiger partial charge on any atom is -0.481 e. The average molecular weight is 316 g/mol. The molecule has 0 bridgehead atoms. The van der Waals surface area contributed by atoms with Gasteiger partial charge in [0.15, 0.2) is 0 Å². The molecule has 0 aliphatic carbocycles. The number of ether oxygens (including phenoxy) is 2. The Morgan fingerprint density at radius 1 is 1.26 bits per heavy atom. The molecule has 0 radical (unpaired) electrons. The van der Waals surface area contributed by atoms with Crippen molar-refractivity contribution in [3.8, 4) is 5.88 Å². The minimum absolute atomic E-state index is 0.219. The molecule has 2 aromatic rings. The second kappa shape index (κ2) is 6.68. The lowest BCUT2D eigenvalue weighted by atomic mass is 10.2. The number of nitrogens with zero attached hydrogens (tertiary/aromatic N) is 3. The number of aromatic amines is 1. The third-order valence-corrected chi connectivity index (χ3v) is 4.52. The fourth-order valence-electron chi connectivity index (χ4n) is 3.09. The molecular weight excluding hydrogens is 292 g/mol. The highest BCUT2D eigenvalue weighted by Crippen LogP contribution is 2.33. The zero-order valence-corrected chi connectivity index (χ0v) is 14.2. The van der Waals surface area contributed by atoms with Crippen molar-refractivity contribution in [2.45, 2.75) is 39.0 Å². The Labute approximate surface area is 136 Å². The van der Waals surface area contributed by atoms with Crippen molar-refractivity contribution in [2.75, 3.05) is 20.8 Å². The highest BCUT2D eigenvalue weighted by atomic mass is 16.5. The fourth-order valence-corrected chi connectivity index (χ4v) is 3.09. The summed E-state index contributed by atoms with van der Waals surface area (Å²) in [6.45, 7) is 5.72. The Morgan fingerprint density at radius 2 is 2.09 bits per heavy atom. The van der Waals surface area contributed by atoms with E-state index in [4.69, 9.17) is 9.47 Å². The Balaban J connectivity index is 1.82. The van der Waals surface area contributed by atoms with Gasteiger partial charge in [-0.25, -0.2) is 9.97 Å². The van der Waals surface area contributed by atoms with E-state index < -0.39 is 0 Å². The second-order valence-electron chi connectivity index (χ2n) is 6.04. The molecule has 23 heavy (non-hydrogen) atoms. The Bertz CT molecular complexity index is 651. The van der Waals surface area contributed by atoms with E-state index in [9.17, 15) is 0 Å². The molecule has 6 nitrogen and oxygen atoms in total. The molecule has 124 valence electrons. The van der Waals surface area contributed by atoms with Crippen LogP contribution in [0.4, 0.5) is 0 Å². The maximum atomic E-state index is 5.58. The zero-order chi connectivity index (χ0) is 16.4. The third kappa shape index (κ3) is 3.38. The first-order valence-corrected chi connectivity index (χ1v) is 7.90. The lowest BCUT2D eigenvalue weighted by Gasteiger charge is -2.22. The van der Waals surface area contributed by atoms with Gasteiger partial charge in [0.1, 0.15) is 5.82 Å². The summed E-state index contributed by atoms with van der Waals surface area (Å²) in [5.41, 5.74) is 3.17. The summed E-state index contributed by atoms with van der Waals surface area (Å²) in [7, 11) is 3.41. The van der Waals surface area contributed by atoms with Gasteiger partial charge in [0.2, 0.25) is 5.88 Å². The van der Waals surface area contributed by atoms with E-state index >= 15 is 0 Å². The van der Waals surface area contributed by atoms with Crippen LogP contribution in [0.5, 0.6) is 5.88 Å². The first kappa shape index (κ1) is 16.0. The maximum absolute atomic E-state index is 5.58. The average Bonchev–Trinajstić information content (AvgIpc) is 3.11. The summed E-state index contributed by atoms with van der Waals surface area (Å²) < 4.78 is 10.8. The number of hydrogen-bond donors (Lipinski definition) is 1. The topological polar surface area (TPSA) is 63.3 Å². The smallest absolute Gasteiger partial charge is 0.213 e. The predicted octanol–water partition coefficient (Wildman–Crippen LogP) is 2.39. The van der Waals surface area contributed by atoms with Gasteiger partial charge in [-0.15, -0.1) is 0 Å². The van der Waals surface area contributed by atoms with E-state index in [1.165, 1.54) is 0 Å². The van der Waals surface area contributed by atoms with Crippen LogP contribution in [0, 0.1) is 13.8 Å². The van der Waals surface area contributed by atoms with Gasteiger partial charge in [0, 0.05) is 32.0 Å². The summed E-state index contributed by atoms with van der Waals surface area (Å²) >= 11 is 0. The van der Waals surface area contributed by atoms with Crippen LogP contribution in [0.1, 0.15) is 35.4 Å². The molecule has 0 spiro atoms. The standard InChI is InChI=1S/C17H24N4O2/c1-11-12(2)19-17(18-11)15-8-14(22-3)10-21(15)9-13-6-5-7-16(20-13)23-4/h5-7,14-15H,8-10H2,1-4H3,(H,18,19)/t14-,15+/m1/s1. The van der Waals surface area contributed by atoms with E-state index in [2.05, 4.69) is 26.8 Å². The molecule has 0 aromatic carbocycles. The van der Waals surface area contributed by atoms with Crippen LogP contribution in [0.25, 0.3) is 0 Å². The summed E-state index contributed by atoms with van der Waals surface area (Å²) in [6, 6.07) is 6.09. The highest BCUT2D eigenvalue weighted by molar-refractivity contribution is 5.18. The maximum Gasteiger partial charge on any atom is 0.213 e. The number of H-pyrrole nitrogens is 1. The van der Waals surface area contributed by atoms with Gasteiger partial charge >= 0.3 is 0 Å². The number of pyridine rings is 1. The SMILES string of the molecule is COc1cccc(CN2C[C@H](OC)C[C@H]2c2nc(C)c(C)[nH]2)n1. The van der Waals surface area contributed by atoms with Crippen molar-refractivity contribution in [1.29, 1.82) is 0 Å². The first-order chi connectivity index (χ1) is 11.1. The van der Waals surface area contributed by atoms with Gasteiger partial charge in [0.05, 0.1) is 30.6 Å². The number of likely N-dealkylation sites (tertiary alicyclic amines) is 1. The molecule has 1 aliphatic rings. The van der Waals surface area contributed by atoms with Gasteiger partial charge in [-0.2, -0.15) is 0 Å². The van der Waals surface area contributed by atoms with Crippen LogP contribution in [0.3, 0.4) is 0 Å². The van der Waals surface area contributed by atoms with Gasteiger partial charge < -0.3 is 14.5 Å². The van der Waals surface area contributed by atoms with Crippen LogP contribution in [-0.4, -0.2) is 46.7 Å². The number of nitrogens with one attached hydrogen (secondary N) is 1. The third-order valence-electron chi connectivity index (χ3n) is 4.52. The van der Waals surface area contributed by atoms with Crippen LogP contribution in [0.15, 0.2) is 18.2 Å².